The molecule has 146 valence electrons. The third-order valence-electron chi connectivity index (χ3n) is 3.44. The summed E-state index contributed by atoms with van der Waals surface area (Å²) in [5.74, 6) is -2.75. The van der Waals surface area contributed by atoms with Crippen molar-refractivity contribution in [2.75, 3.05) is 30.9 Å². The van der Waals surface area contributed by atoms with Gasteiger partial charge in [0.1, 0.15) is 5.02 Å². The van der Waals surface area contributed by atoms with E-state index < -0.39 is 27.6 Å². The fourth-order valence-electron chi connectivity index (χ4n) is 2.29. The van der Waals surface area contributed by atoms with Gasteiger partial charge in [-0.3, -0.25) is 4.79 Å². The number of halogens is 5. The Morgan fingerprint density at radius 2 is 2.08 bits per heavy atom. The molecular weight excluding hydrogens is 420 g/mol. The molecule has 1 amide bonds. The van der Waals surface area contributed by atoms with Gasteiger partial charge in [0.2, 0.25) is 5.28 Å². The van der Waals surface area contributed by atoms with Crippen molar-refractivity contribution in [2.45, 2.75) is 24.9 Å². The minimum Gasteiger partial charge on any atom is -0.377 e. The van der Waals surface area contributed by atoms with Crippen molar-refractivity contribution in [3.8, 4) is 0 Å². The maximum absolute atomic E-state index is 12.4. The van der Waals surface area contributed by atoms with Gasteiger partial charge in [-0.1, -0.05) is 11.6 Å². The quantitative estimate of drug-likeness (QED) is 0.679. The second-order valence-electron chi connectivity index (χ2n) is 5.69. The van der Waals surface area contributed by atoms with Crippen molar-refractivity contribution in [3.63, 3.8) is 0 Å². The maximum Gasteiger partial charge on any atom is 0.474 e. The van der Waals surface area contributed by atoms with Gasteiger partial charge in [-0.15, -0.1) is 0 Å². The van der Waals surface area contributed by atoms with Crippen molar-refractivity contribution < 1.29 is 26.9 Å². The molecule has 2 atom stereocenters. The Morgan fingerprint density at radius 1 is 1.42 bits per heavy atom. The second kappa shape index (κ2) is 7.83. The average molecular weight is 435 g/mol. The lowest BCUT2D eigenvalue weighted by molar-refractivity contribution is -0.169. The molecule has 0 bridgehead atoms. The lowest BCUT2D eigenvalue weighted by atomic mass is 10.2. The highest BCUT2D eigenvalue weighted by atomic mass is 35.5. The Bertz CT molecular complexity index is 828. The number of nitrogens with zero attached hydrogens (tertiary/aromatic N) is 4. The molecule has 1 aliphatic heterocycles. The molecule has 1 aromatic heterocycles. The van der Waals surface area contributed by atoms with Crippen LogP contribution in [0.15, 0.2) is 4.36 Å². The second-order valence-corrected chi connectivity index (χ2v) is 8.80. The van der Waals surface area contributed by atoms with Crippen LogP contribution in [-0.4, -0.2) is 58.3 Å². The molecule has 0 saturated carbocycles. The van der Waals surface area contributed by atoms with Gasteiger partial charge in [0, 0.05) is 12.8 Å². The SMILES string of the molecule is C[C@@H]1COCCN1c1nc(Cl)nc(CS(C)(=O)=NC(=O)C(F)(F)F)c1Cl. The van der Waals surface area contributed by atoms with E-state index in [9.17, 15) is 22.2 Å². The highest BCUT2D eigenvalue weighted by molar-refractivity contribution is 7.92. The molecule has 7 nitrogen and oxygen atoms in total. The van der Waals surface area contributed by atoms with Crippen molar-refractivity contribution in [1.82, 2.24) is 9.97 Å². The molecule has 0 radical (unpaired) electrons. The van der Waals surface area contributed by atoms with E-state index in [0.29, 0.717) is 19.8 Å². The summed E-state index contributed by atoms with van der Waals surface area (Å²) in [6.07, 6.45) is -4.29. The number of hydrogen-bond acceptors (Lipinski definition) is 6. The van der Waals surface area contributed by atoms with Crippen LogP contribution >= 0.6 is 23.2 Å². The number of carbonyl (C=O) groups is 1. The number of aromatic nitrogens is 2. The van der Waals surface area contributed by atoms with Gasteiger partial charge in [-0.05, 0) is 18.5 Å². The van der Waals surface area contributed by atoms with E-state index in [1.165, 1.54) is 0 Å². The summed E-state index contributed by atoms with van der Waals surface area (Å²) >= 11 is 12.2. The van der Waals surface area contributed by atoms with Crippen LogP contribution in [0.25, 0.3) is 0 Å². The van der Waals surface area contributed by atoms with E-state index >= 15 is 0 Å². The summed E-state index contributed by atoms with van der Waals surface area (Å²) in [5.41, 5.74) is -0.0495. The van der Waals surface area contributed by atoms with Gasteiger partial charge in [0.05, 0.1) is 40.4 Å². The normalized spacial score (nSPS) is 20.6. The molecule has 0 aromatic carbocycles. The first-order valence-corrected chi connectivity index (χ1v) is 10.1. The number of anilines is 1. The smallest absolute Gasteiger partial charge is 0.377 e. The summed E-state index contributed by atoms with van der Waals surface area (Å²) in [5, 5.41) is -0.220. The minimum atomic E-state index is -5.21. The van der Waals surface area contributed by atoms with Crippen molar-refractivity contribution in [1.29, 1.82) is 0 Å². The van der Waals surface area contributed by atoms with Crippen LogP contribution in [0.2, 0.25) is 10.3 Å². The standard InChI is InChI=1S/C13H15Cl2F3N4O3S/c1-7-5-25-4-3-22(7)10-9(14)8(19-12(15)20-10)6-26(2,24)21-11(23)13(16,17)18/h7H,3-6H2,1-2H3/t7-,26?/m1/s1. The molecular formula is C13H15Cl2F3N4O3S. The van der Waals surface area contributed by atoms with Gasteiger partial charge in [-0.2, -0.15) is 22.5 Å². The van der Waals surface area contributed by atoms with E-state index in [2.05, 4.69) is 14.3 Å². The predicted molar refractivity (Wildman–Crippen MR) is 90.9 cm³/mol. The Hall–Kier alpha value is -1.17. The zero-order valence-corrected chi connectivity index (χ0v) is 16.0. The third kappa shape index (κ3) is 5.18. The maximum atomic E-state index is 12.4. The largest absolute Gasteiger partial charge is 0.474 e. The molecule has 1 unspecified atom stereocenters. The van der Waals surface area contributed by atoms with Crippen molar-refractivity contribution in [2.24, 2.45) is 4.36 Å². The number of morpholine rings is 1. The van der Waals surface area contributed by atoms with E-state index in [0.717, 1.165) is 6.26 Å². The van der Waals surface area contributed by atoms with Crippen molar-refractivity contribution >= 4 is 44.7 Å². The lowest BCUT2D eigenvalue weighted by Gasteiger charge is -2.34. The van der Waals surface area contributed by atoms with E-state index in [-0.39, 0.29) is 27.9 Å². The average Bonchev–Trinajstić information content (AvgIpc) is 2.49. The first-order valence-electron chi connectivity index (χ1n) is 7.28. The number of hydrogen-bond donors (Lipinski definition) is 0. The predicted octanol–water partition coefficient (Wildman–Crippen LogP) is 2.70. The highest BCUT2D eigenvalue weighted by Crippen LogP contribution is 2.31. The molecule has 1 aliphatic rings. The molecule has 26 heavy (non-hydrogen) atoms. The highest BCUT2D eigenvalue weighted by Gasteiger charge is 2.39. The Balaban J connectivity index is 2.40. The fourth-order valence-corrected chi connectivity index (χ4v) is 4.05. The summed E-state index contributed by atoms with van der Waals surface area (Å²) in [6.45, 7) is 3.18. The molecule has 13 heteroatoms. The number of amides is 1. The zero-order chi connectivity index (χ0) is 19.7. The van der Waals surface area contributed by atoms with Gasteiger partial charge in [-0.25, -0.2) is 9.19 Å². The monoisotopic (exact) mass is 434 g/mol. The summed E-state index contributed by atoms with van der Waals surface area (Å²) in [6, 6.07) is -0.0810. The van der Waals surface area contributed by atoms with Crippen LogP contribution in [0, 0.1) is 0 Å². The van der Waals surface area contributed by atoms with Crippen LogP contribution in [0.1, 0.15) is 12.6 Å². The lowest BCUT2D eigenvalue weighted by Crippen LogP contribution is -2.44. The third-order valence-corrected chi connectivity index (χ3v) is 5.36. The molecule has 2 heterocycles. The molecule has 2 rings (SSSR count). The van der Waals surface area contributed by atoms with Crippen LogP contribution in [0.3, 0.4) is 0 Å². The van der Waals surface area contributed by atoms with Gasteiger partial charge in [0.25, 0.3) is 0 Å². The molecule has 1 aromatic rings. The van der Waals surface area contributed by atoms with Gasteiger partial charge < -0.3 is 9.64 Å². The van der Waals surface area contributed by atoms with Gasteiger partial charge in [0.15, 0.2) is 5.82 Å². The number of carbonyl (C=O) groups excluding carboxylic acids is 1. The molecule has 0 spiro atoms. The van der Waals surface area contributed by atoms with Crippen molar-refractivity contribution in [3.05, 3.63) is 16.0 Å². The van der Waals surface area contributed by atoms with Crippen LogP contribution in [-0.2, 0) is 25.0 Å². The minimum absolute atomic E-state index is 0.00705. The van der Waals surface area contributed by atoms with E-state index in [4.69, 9.17) is 27.9 Å². The number of alkyl halides is 3. The van der Waals surface area contributed by atoms with Crippen LogP contribution < -0.4 is 4.90 Å². The number of rotatable bonds is 3. The molecule has 0 aliphatic carbocycles. The Kier molecular flexibility index (Phi) is 6.36. The summed E-state index contributed by atoms with van der Waals surface area (Å²) < 4.78 is 57.5. The van der Waals surface area contributed by atoms with E-state index in [1.54, 1.807) is 4.90 Å². The topological polar surface area (TPSA) is 84.8 Å². The first kappa shape index (κ1) is 21.1. The van der Waals surface area contributed by atoms with Gasteiger partial charge >= 0.3 is 12.1 Å². The zero-order valence-electron chi connectivity index (χ0n) is 13.7. The van der Waals surface area contributed by atoms with Crippen LogP contribution in [0.5, 0.6) is 0 Å². The fraction of sp³-hybridized carbons (Fsp3) is 0.615. The Morgan fingerprint density at radius 3 is 2.65 bits per heavy atom. The molecule has 0 N–H and O–H groups in total. The first-order chi connectivity index (χ1) is 11.9. The molecule has 1 saturated heterocycles. The van der Waals surface area contributed by atoms with Crippen LogP contribution in [0.4, 0.5) is 19.0 Å². The summed E-state index contributed by atoms with van der Waals surface area (Å²) in [7, 11) is -3.59. The Labute approximate surface area is 158 Å². The number of ether oxygens (including phenoxy) is 1. The molecule has 1 fully saturated rings. The summed E-state index contributed by atoms with van der Waals surface area (Å²) in [4.78, 5) is 20.7. The van der Waals surface area contributed by atoms with E-state index in [1.807, 2.05) is 6.92 Å².